The van der Waals surface area contributed by atoms with E-state index in [9.17, 15) is 54.9 Å². The first kappa shape index (κ1) is 53.7. The first-order valence-corrected chi connectivity index (χ1v) is 22.9. The van der Waals surface area contributed by atoms with Gasteiger partial charge < -0.3 is 40.5 Å². The molecule has 2 aromatic carbocycles. The Hall–Kier alpha value is -4.48. The van der Waals surface area contributed by atoms with E-state index in [2.05, 4.69) is 0 Å². The second-order valence-corrected chi connectivity index (χ2v) is 19.8. The van der Waals surface area contributed by atoms with Crippen LogP contribution in [-0.4, -0.2) is 66.2 Å². The Morgan fingerprint density at radius 3 is 1.29 bits per heavy atom. The van der Waals surface area contributed by atoms with Crippen molar-refractivity contribution in [3.8, 4) is 23.0 Å². The van der Waals surface area contributed by atoms with Gasteiger partial charge in [0, 0.05) is 5.56 Å². The zero-order chi connectivity index (χ0) is 46.7. The molecule has 1 unspecified atom stereocenters. The quantitative estimate of drug-likeness (QED) is 0.0263. The van der Waals surface area contributed by atoms with Crippen molar-refractivity contribution in [2.45, 2.75) is 190 Å². The molecule has 2 rings (SSSR count). The summed E-state index contributed by atoms with van der Waals surface area (Å²) in [5, 5.41) is 70.6. The van der Waals surface area contributed by atoms with Gasteiger partial charge in [0.1, 0.15) is 6.61 Å². The maximum atomic E-state index is 12.6. The Morgan fingerprint density at radius 1 is 0.452 bits per heavy atom. The summed E-state index contributed by atoms with van der Waals surface area (Å²) >= 11 is 0. The molecular weight excluding hydrogens is 793 g/mol. The molecule has 0 aliphatic heterocycles. The topological polar surface area (TPSA) is 219 Å². The van der Waals surface area contributed by atoms with Gasteiger partial charge in [-0.05, 0) is 160 Å². The van der Waals surface area contributed by atoms with E-state index in [0.29, 0.717) is 63.4 Å². The van der Waals surface area contributed by atoms with Gasteiger partial charge in [0.2, 0.25) is 0 Å². The van der Waals surface area contributed by atoms with E-state index in [4.69, 9.17) is 4.74 Å². The highest BCUT2D eigenvalue weighted by Crippen LogP contribution is 2.37. The Bertz CT molecular complexity index is 1760. The third-order valence-corrected chi connectivity index (χ3v) is 12.8. The number of carboxylic acids is 4. The van der Waals surface area contributed by atoms with Crippen LogP contribution < -0.4 is 4.74 Å². The fraction of sp³-hybridized carbons (Fsp3) is 0.680. The number of carbonyl (C=O) groups is 4. The normalized spacial score (nSPS) is 13.1. The molecule has 0 amide bonds. The highest BCUT2D eigenvalue weighted by molar-refractivity contribution is 5.75. The summed E-state index contributed by atoms with van der Waals surface area (Å²) in [6.07, 6.45) is 16.0. The number of unbranched alkanes of at least 4 members (excludes halogenated alkanes) is 10. The Balaban J connectivity index is 2.03. The number of hydrogen-bond acceptors (Lipinski definition) is 8. The van der Waals surface area contributed by atoms with Gasteiger partial charge in [-0.2, -0.15) is 0 Å². The number of carboxylic acid groups (broad SMARTS) is 4. The highest BCUT2D eigenvalue weighted by Gasteiger charge is 2.34. The zero-order valence-corrected chi connectivity index (χ0v) is 38.7. The Morgan fingerprint density at radius 2 is 0.839 bits per heavy atom. The smallest absolute Gasteiger partial charge is 0.312 e. The van der Waals surface area contributed by atoms with Crippen molar-refractivity contribution in [1.29, 1.82) is 0 Å². The van der Waals surface area contributed by atoms with Crippen LogP contribution in [-0.2, 0) is 44.9 Å². The molecule has 0 saturated heterocycles. The van der Waals surface area contributed by atoms with Crippen molar-refractivity contribution in [3.63, 3.8) is 0 Å². The Kier molecular flexibility index (Phi) is 21.6. The number of phenolic OH excluding ortho intramolecular Hbond substituents is 3. The molecule has 0 aliphatic rings. The molecule has 0 fully saturated rings. The van der Waals surface area contributed by atoms with Crippen molar-refractivity contribution in [2.24, 2.45) is 21.7 Å². The molecular formula is C50H78O12. The van der Waals surface area contributed by atoms with Gasteiger partial charge in [-0.1, -0.05) is 70.3 Å². The van der Waals surface area contributed by atoms with E-state index >= 15 is 0 Å². The van der Waals surface area contributed by atoms with Crippen LogP contribution >= 0.6 is 0 Å². The van der Waals surface area contributed by atoms with E-state index in [0.717, 1.165) is 100 Å². The lowest BCUT2D eigenvalue weighted by molar-refractivity contribution is -0.150. The molecule has 1 atom stereocenters. The number of aromatic hydroxyl groups is 3. The monoisotopic (exact) mass is 871 g/mol. The second kappa shape index (κ2) is 25.0. The second-order valence-electron chi connectivity index (χ2n) is 19.8. The molecule has 12 heteroatoms. The minimum Gasteiger partial charge on any atom is -0.504 e. The summed E-state index contributed by atoms with van der Waals surface area (Å²) in [7, 11) is 0. The maximum absolute atomic E-state index is 12.6. The number of benzene rings is 2. The van der Waals surface area contributed by atoms with Gasteiger partial charge in [0.05, 0.1) is 21.7 Å². The minimum atomic E-state index is -1.22. The van der Waals surface area contributed by atoms with Crippen molar-refractivity contribution in [2.75, 3.05) is 6.61 Å². The number of hydrogen-bond donors (Lipinski definition) is 7. The molecule has 350 valence electrons. The first-order chi connectivity index (χ1) is 28.9. The van der Waals surface area contributed by atoms with Crippen LogP contribution in [0.1, 0.15) is 186 Å². The molecule has 0 saturated carbocycles. The third kappa shape index (κ3) is 17.7. The highest BCUT2D eigenvalue weighted by atomic mass is 16.5. The van der Waals surface area contributed by atoms with E-state index < -0.39 is 45.5 Å². The average molecular weight is 871 g/mol. The van der Waals surface area contributed by atoms with Crippen LogP contribution in [0.15, 0.2) is 24.3 Å². The van der Waals surface area contributed by atoms with Crippen LogP contribution in [0.3, 0.4) is 0 Å². The van der Waals surface area contributed by atoms with Gasteiger partial charge in [0.25, 0.3) is 0 Å². The summed E-state index contributed by atoms with van der Waals surface area (Å²) in [6, 6.07) is 6.84. The van der Waals surface area contributed by atoms with E-state index in [1.165, 1.54) is 6.07 Å². The molecule has 0 heterocycles. The molecule has 0 bridgehead atoms. The van der Waals surface area contributed by atoms with Crippen molar-refractivity contribution in [3.05, 3.63) is 46.5 Å². The molecule has 12 nitrogen and oxygen atoms in total. The number of ether oxygens (including phenoxy) is 1. The minimum absolute atomic E-state index is 0.0607. The van der Waals surface area contributed by atoms with Crippen molar-refractivity contribution in [1.82, 2.24) is 0 Å². The summed E-state index contributed by atoms with van der Waals surface area (Å²) in [5.74, 6) is -3.53. The maximum Gasteiger partial charge on any atom is 0.312 e. The van der Waals surface area contributed by atoms with Gasteiger partial charge in [-0.25, -0.2) is 0 Å². The Labute approximate surface area is 370 Å². The SMILES string of the molecule is CC(C)(CCCCCCc1cc(OCC(C)(CCCCCc2ccc(O)c(O)c2CCCCCCC(C)(C)C(=O)O)C(=O)O)c(O)cc1CCCCCC(C)(C)C(=O)O)C(=O)O. The first-order valence-electron chi connectivity index (χ1n) is 22.9. The van der Waals surface area contributed by atoms with Gasteiger partial charge in [-0.3, -0.25) is 19.2 Å². The molecule has 62 heavy (non-hydrogen) atoms. The number of phenols is 3. The van der Waals surface area contributed by atoms with Crippen LogP contribution in [0.25, 0.3) is 0 Å². The van der Waals surface area contributed by atoms with Gasteiger partial charge in [-0.15, -0.1) is 0 Å². The number of rotatable bonds is 33. The van der Waals surface area contributed by atoms with Crippen LogP contribution in [0.2, 0.25) is 0 Å². The lowest BCUT2D eigenvalue weighted by atomic mass is 9.85. The van der Waals surface area contributed by atoms with Crippen LogP contribution in [0.5, 0.6) is 23.0 Å². The predicted octanol–water partition coefficient (Wildman–Crippen LogP) is 11.5. The fourth-order valence-corrected chi connectivity index (χ4v) is 7.74. The number of aliphatic carboxylic acids is 4. The van der Waals surface area contributed by atoms with Gasteiger partial charge in [0.15, 0.2) is 23.0 Å². The molecule has 0 aliphatic carbocycles. The van der Waals surface area contributed by atoms with E-state index in [-0.39, 0.29) is 29.6 Å². The standard InChI is InChI=1S/C50H78O12/c1-47(2,43(54)55)28-18-10-8-14-24-37-33-41(40(52)32-36(37)23-16-12-20-30-49(5,6)45(58)59)62-34-50(7,46(60)61)31-21-13-15-22-35-26-27-39(51)42(53)38(35)25-17-9-11-19-29-48(3,4)44(56)57/h26-27,32-33,51-53H,8-25,28-31,34H2,1-7H3,(H,54,55)(H,56,57)(H,58,59)(H,60,61). The van der Waals surface area contributed by atoms with Crippen molar-refractivity contribution < 1.29 is 59.7 Å². The van der Waals surface area contributed by atoms with Crippen LogP contribution in [0.4, 0.5) is 0 Å². The predicted molar refractivity (Wildman–Crippen MR) is 241 cm³/mol. The molecule has 0 spiro atoms. The zero-order valence-electron chi connectivity index (χ0n) is 38.7. The summed E-state index contributed by atoms with van der Waals surface area (Å²) in [5.41, 5.74) is 0.0950. The van der Waals surface area contributed by atoms with Crippen LogP contribution in [0, 0.1) is 21.7 Å². The third-order valence-electron chi connectivity index (χ3n) is 12.8. The molecule has 0 aromatic heterocycles. The largest absolute Gasteiger partial charge is 0.504 e. The van der Waals surface area contributed by atoms with Crippen molar-refractivity contribution >= 4 is 23.9 Å². The lowest BCUT2D eigenvalue weighted by Crippen LogP contribution is -2.34. The molecule has 0 radical (unpaired) electrons. The summed E-state index contributed by atoms with van der Waals surface area (Å²) < 4.78 is 6.10. The fourth-order valence-electron chi connectivity index (χ4n) is 7.74. The van der Waals surface area contributed by atoms with E-state index in [1.807, 2.05) is 12.1 Å². The summed E-state index contributed by atoms with van der Waals surface area (Å²) in [6.45, 7) is 11.9. The number of aryl methyl sites for hydroxylation is 3. The average Bonchev–Trinajstić information content (AvgIpc) is 3.19. The van der Waals surface area contributed by atoms with E-state index in [1.54, 1.807) is 54.5 Å². The van der Waals surface area contributed by atoms with Gasteiger partial charge >= 0.3 is 23.9 Å². The molecule has 2 aromatic rings. The molecule has 7 N–H and O–H groups in total. The summed E-state index contributed by atoms with van der Waals surface area (Å²) in [4.78, 5) is 47.0. The lowest BCUT2D eigenvalue weighted by Gasteiger charge is -2.25.